The lowest BCUT2D eigenvalue weighted by molar-refractivity contribution is -0.117. The number of hydrogen-bond donors (Lipinski definition) is 2. The van der Waals surface area contributed by atoms with Gasteiger partial charge in [-0.3, -0.25) is 4.79 Å². The van der Waals surface area contributed by atoms with E-state index in [-0.39, 0.29) is 5.91 Å². The molecular weight excluding hydrogens is 194 g/mol. The number of ether oxygens (including phenoxy) is 1. The fraction of sp³-hybridized carbons (Fsp3) is 0.727. The van der Waals surface area contributed by atoms with Gasteiger partial charge >= 0.3 is 0 Å². The molecule has 4 heteroatoms. The van der Waals surface area contributed by atoms with E-state index in [2.05, 4.69) is 5.32 Å². The average molecular weight is 215 g/mol. The normalized spacial score (nSPS) is 13.7. The summed E-state index contributed by atoms with van der Waals surface area (Å²) in [5.41, 5.74) is 0.721. The van der Waals surface area contributed by atoms with Crippen molar-refractivity contribution in [3.05, 3.63) is 11.6 Å². The van der Waals surface area contributed by atoms with Crippen LogP contribution in [0.2, 0.25) is 0 Å². The number of allylic oxidation sites excluding steroid dienone is 1. The van der Waals surface area contributed by atoms with Gasteiger partial charge in [0.25, 0.3) is 0 Å². The van der Waals surface area contributed by atoms with E-state index in [1.165, 1.54) is 7.11 Å². The number of amides is 1. The molecule has 1 atom stereocenters. The molecule has 0 saturated heterocycles. The first kappa shape index (κ1) is 14.1. The molecule has 0 heterocycles. The van der Waals surface area contributed by atoms with Gasteiger partial charge in [0.05, 0.1) is 12.7 Å². The van der Waals surface area contributed by atoms with Crippen LogP contribution in [0.4, 0.5) is 0 Å². The SMILES string of the molecule is CC/C=C(/C)C(=O)NCCC(O)COC. The van der Waals surface area contributed by atoms with Crippen molar-refractivity contribution in [2.45, 2.75) is 32.8 Å². The van der Waals surface area contributed by atoms with Gasteiger partial charge in [0.1, 0.15) is 0 Å². The maximum atomic E-state index is 11.4. The quantitative estimate of drug-likeness (QED) is 0.619. The van der Waals surface area contributed by atoms with E-state index in [4.69, 9.17) is 4.74 Å². The fourth-order valence-electron chi connectivity index (χ4n) is 1.17. The maximum absolute atomic E-state index is 11.4. The van der Waals surface area contributed by atoms with Crippen LogP contribution in [0.15, 0.2) is 11.6 Å². The molecule has 0 fully saturated rings. The highest BCUT2D eigenvalue weighted by Crippen LogP contribution is 1.96. The van der Waals surface area contributed by atoms with Crippen LogP contribution in [-0.2, 0) is 9.53 Å². The third kappa shape index (κ3) is 7.11. The largest absolute Gasteiger partial charge is 0.391 e. The number of rotatable bonds is 7. The lowest BCUT2D eigenvalue weighted by Gasteiger charge is -2.10. The second kappa shape index (κ2) is 8.44. The van der Waals surface area contributed by atoms with Crippen molar-refractivity contribution in [3.63, 3.8) is 0 Å². The number of carbonyl (C=O) groups excluding carboxylic acids is 1. The Labute approximate surface area is 91.3 Å². The Bertz CT molecular complexity index is 214. The second-order valence-corrected chi connectivity index (χ2v) is 3.45. The maximum Gasteiger partial charge on any atom is 0.246 e. The zero-order valence-corrected chi connectivity index (χ0v) is 9.75. The van der Waals surface area contributed by atoms with Crippen LogP contribution in [0.3, 0.4) is 0 Å². The Morgan fingerprint density at radius 2 is 2.27 bits per heavy atom. The number of carbonyl (C=O) groups is 1. The summed E-state index contributed by atoms with van der Waals surface area (Å²) in [6.07, 6.45) is 2.73. The molecule has 0 aromatic carbocycles. The van der Waals surface area contributed by atoms with Gasteiger partial charge in [0.15, 0.2) is 0 Å². The highest BCUT2D eigenvalue weighted by molar-refractivity contribution is 5.92. The van der Waals surface area contributed by atoms with E-state index >= 15 is 0 Å². The second-order valence-electron chi connectivity index (χ2n) is 3.45. The summed E-state index contributed by atoms with van der Waals surface area (Å²) in [5.74, 6) is -0.0681. The minimum absolute atomic E-state index is 0.0681. The molecule has 0 aromatic rings. The van der Waals surface area contributed by atoms with E-state index in [1.54, 1.807) is 6.92 Å². The Morgan fingerprint density at radius 1 is 1.60 bits per heavy atom. The third-order valence-electron chi connectivity index (χ3n) is 1.99. The van der Waals surface area contributed by atoms with Gasteiger partial charge in [-0.15, -0.1) is 0 Å². The van der Waals surface area contributed by atoms with E-state index in [1.807, 2.05) is 13.0 Å². The van der Waals surface area contributed by atoms with Gasteiger partial charge < -0.3 is 15.2 Å². The molecule has 1 unspecified atom stereocenters. The Balaban J connectivity index is 3.68. The molecule has 0 aliphatic rings. The smallest absolute Gasteiger partial charge is 0.246 e. The molecule has 2 N–H and O–H groups in total. The van der Waals surface area contributed by atoms with Gasteiger partial charge in [-0.25, -0.2) is 0 Å². The van der Waals surface area contributed by atoms with Crippen molar-refractivity contribution >= 4 is 5.91 Å². The molecule has 0 spiro atoms. The molecule has 0 bridgehead atoms. The van der Waals surface area contributed by atoms with Gasteiger partial charge in [-0.2, -0.15) is 0 Å². The summed E-state index contributed by atoms with van der Waals surface area (Å²) in [6, 6.07) is 0. The zero-order chi connectivity index (χ0) is 11.7. The summed E-state index contributed by atoms with van der Waals surface area (Å²) in [5, 5.41) is 12.0. The van der Waals surface area contributed by atoms with E-state index in [0.717, 1.165) is 12.0 Å². The summed E-state index contributed by atoms with van der Waals surface area (Å²) in [4.78, 5) is 11.4. The monoisotopic (exact) mass is 215 g/mol. The van der Waals surface area contributed by atoms with Gasteiger partial charge in [0.2, 0.25) is 5.91 Å². The molecule has 0 radical (unpaired) electrons. The van der Waals surface area contributed by atoms with Crippen molar-refractivity contribution in [2.24, 2.45) is 0 Å². The molecule has 88 valence electrons. The van der Waals surface area contributed by atoms with E-state index < -0.39 is 6.10 Å². The van der Waals surface area contributed by atoms with E-state index in [0.29, 0.717) is 19.6 Å². The fourth-order valence-corrected chi connectivity index (χ4v) is 1.17. The summed E-state index contributed by atoms with van der Waals surface area (Å²) in [7, 11) is 1.54. The Hall–Kier alpha value is -0.870. The standard InChI is InChI=1S/C11H21NO3/c1-4-5-9(2)11(14)12-7-6-10(13)8-15-3/h5,10,13H,4,6-8H2,1-3H3,(H,12,14)/b9-5-. The number of hydrogen-bond acceptors (Lipinski definition) is 3. The van der Waals surface area contributed by atoms with Crippen molar-refractivity contribution in [1.82, 2.24) is 5.32 Å². The van der Waals surface area contributed by atoms with Crippen LogP contribution in [0.25, 0.3) is 0 Å². The third-order valence-corrected chi connectivity index (χ3v) is 1.99. The number of methoxy groups -OCH3 is 1. The Morgan fingerprint density at radius 3 is 2.80 bits per heavy atom. The lowest BCUT2D eigenvalue weighted by atomic mass is 10.2. The summed E-state index contributed by atoms with van der Waals surface area (Å²) < 4.78 is 4.77. The van der Waals surface area contributed by atoms with Crippen LogP contribution in [0.5, 0.6) is 0 Å². The van der Waals surface area contributed by atoms with Crippen LogP contribution in [0.1, 0.15) is 26.7 Å². The minimum atomic E-state index is -0.509. The minimum Gasteiger partial charge on any atom is -0.391 e. The number of aliphatic hydroxyl groups excluding tert-OH is 1. The highest BCUT2D eigenvalue weighted by atomic mass is 16.5. The Kier molecular flexibility index (Phi) is 7.95. The molecule has 4 nitrogen and oxygen atoms in total. The van der Waals surface area contributed by atoms with Gasteiger partial charge in [0, 0.05) is 19.2 Å². The molecule has 0 rings (SSSR count). The lowest BCUT2D eigenvalue weighted by Crippen LogP contribution is -2.28. The topological polar surface area (TPSA) is 58.6 Å². The first-order valence-corrected chi connectivity index (χ1v) is 5.23. The molecule has 0 aromatic heterocycles. The molecule has 1 amide bonds. The number of nitrogens with one attached hydrogen (secondary N) is 1. The van der Waals surface area contributed by atoms with E-state index in [9.17, 15) is 9.90 Å². The predicted octanol–water partition coefficient (Wildman–Crippen LogP) is 0.856. The van der Waals surface area contributed by atoms with Crippen LogP contribution < -0.4 is 5.32 Å². The zero-order valence-electron chi connectivity index (χ0n) is 9.75. The highest BCUT2D eigenvalue weighted by Gasteiger charge is 2.05. The summed E-state index contributed by atoms with van der Waals surface area (Å²) >= 11 is 0. The van der Waals surface area contributed by atoms with Crippen LogP contribution in [-0.4, -0.2) is 37.4 Å². The predicted molar refractivity (Wildman–Crippen MR) is 59.6 cm³/mol. The van der Waals surface area contributed by atoms with Crippen LogP contribution in [0, 0.1) is 0 Å². The first-order valence-electron chi connectivity index (χ1n) is 5.23. The van der Waals surface area contributed by atoms with Crippen LogP contribution >= 0.6 is 0 Å². The van der Waals surface area contributed by atoms with Gasteiger partial charge in [-0.1, -0.05) is 13.0 Å². The first-order chi connectivity index (χ1) is 7.11. The molecule has 0 aliphatic heterocycles. The number of aliphatic hydroxyl groups is 1. The van der Waals surface area contributed by atoms with Crippen molar-refractivity contribution in [2.75, 3.05) is 20.3 Å². The summed E-state index contributed by atoms with van der Waals surface area (Å²) in [6.45, 7) is 4.54. The van der Waals surface area contributed by atoms with Crippen molar-refractivity contribution in [1.29, 1.82) is 0 Å². The molecule has 0 aliphatic carbocycles. The molecule has 15 heavy (non-hydrogen) atoms. The van der Waals surface area contributed by atoms with Crippen molar-refractivity contribution in [3.8, 4) is 0 Å². The molecular formula is C11H21NO3. The van der Waals surface area contributed by atoms with Gasteiger partial charge in [-0.05, 0) is 19.8 Å². The molecule has 0 saturated carbocycles. The van der Waals surface area contributed by atoms with Crippen molar-refractivity contribution < 1.29 is 14.6 Å². The average Bonchev–Trinajstić information content (AvgIpc) is 2.18.